The summed E-state index contributed by atoms with van der Waals surface area (Å²) in [4.78, 5) is 18.2. The molecule has 1 amide bonds. The first kappa shape index (κ1) is 14.5. The second-order valence-electron chi connectivity index (χ2n) is 4.84. The summed E-state index contributed by atoms with van der Waals surface area (Å²) in [5.41, 5.74) is 1.13. The lowest BCUT2D eigenvalue weighted by Gasteiger charge is -2.16. The molecule has 1 aromatic heterocycles. The monoisotopic (exact) mass is 274 g/mol. The number of aliphatic hydroxyl groups excluding tert-OH is 2. The summed E-state index contributed by atoms with van der Waals surface area (Å²) in [6.07, 6.45) is 4.78. The second kappa shape index (κ2) is 7.04. The van der Waals surface area contributed by atoms with Gasteiger partial charge in [-0.05, 0) is 24.8 Å². The van der Waals surface area contributed by atoms with Crippen LogP contribution in [0.5, 0.6) is 0 Å². The fourth-order valence-corrected chi connectivity index (χ4v) is 2.38. The van der Waals surface area contributed by atoms with Gasteiger partial charge in [-0.25, -0.2) is 0 Å². The molecule has 2 N–H and O–H groups in total. The van der Waals surface area contributed by atoms with Gasteiger partial charge in [-0.15, -0.1) is 0 Å². The molecular formula is C15H18N2O3. The Hall–Kier alpha value is -1.90. The van der Waals surface area contributed by atoms with Crippen LogP contribution in [0.25, 0.3) is 0 Å². The highest BCUT2D eigenvalue weighted by Crippen LogP contribution is 2.21. The van der Waals surface area contributed by atoms with Crippen molar-refractivity contribution in [2.75, 3.05) is 26.3 Å². The van der Waals surface area contributed by atoms with Crippen molar-refractivity contribution in [3.63, 3.8) is 0 Å². The molecule has 1 saturated heterocycles. The average Bonchev–Trinajstić information content (AvgIpc) is 2.93. The van der Waals surface area contributed by atoms with Gasteiger partial charge in [0.1, 0.15) is 6.61 Å². The van der Waals surface area contributed by atoms with E-state index in [-0.39, 0.29) is 19.1 Å². The number of carbonyl (C=O) groups excluding carboxylic acids is 1. The number of carbonyl (C=O) groups is 1. The van der Waals surface area contributed by atoms with Crippen LogP contribution in [-0.4, -0.2) is 52.3 Å². The molecule has 1 aliphatic heterocycles. The highest BCUT2D eigenvalue weighted by molar-refractivity contribution is 5.94. The number of hydrogen-bond donors (Lipinski definition) is 2. The van der Waals surface area contributed by atoms with Crippen LogP contribution in [-0.2, 0) is 0 Å². The quantitative estimate of drug-likeness (QED) is 0.776. The molecule has 1 unspecified atom stereocenters. The Morgan fingerprint density at radius 1 is 1.45 bits per heavy atom. The van der Waals surface area contributed by atoms with Crippen molar-refractivity contribution in [2.45, 2.75) is 12.8 Å². The number of aromatic nitrogens is 1. The molecule has 0 radical (unpaired) electrons. The van der Waals surface area contributed by atoms with Crippen molar-refractivity contribution in [3.05, 3.63) is 29.6 Å². The molecule has 0 bridgehead atoms. The summed E-state index contributed by atoms with van der Waals surface area (Å²) in [6.45, 7) is 1.36. The van der Waals surface area contributed by atoms with Gasteiger partial charge in [0.15, 0.2) is 0 Å². The van der Waals surface area contributed by atoms with Crippen LogP contribution in [0.3, 0.4) is 0 Å². The fraction of sp³-hybridized carbons (Fsp3) is 0.467. The molecule has 5 nitrogen and oxygen atoms in total. The van der Waals surface area contributed by atoms with Gasteiger partial charge in [0.2, 0.25) is 0 Å². The molecule has 1 aromatic rings. The van der Waals surface area contributed by atoms with Crippen molar-refractivity contribution >= 4 is 5.91 Å². The van der Waals surface area contributed by atoms with E-state index in [0.717, 1.165) is 19.4 Å². The van der Waals surface area contributed by atoms with Gasteiger partial charge in [-0.2, -0.15) is 0 Å². The molecule has 1 atom stereocenters. The Morgan fingerprint density at radius 3 is 3.05 bits per heavy atom. The van der Waals surface area contributed by atoms with Gasteiger partial charge in [-0.1, -0.05) is 11.8 Å². The molecule has 1 fully saturated rings. The van der Waals surface area contributed by atoms with Gasteiger partial charge in [-0.3, -0.25) is 9.78 Å². The molecule has 20 heavy (non-hydrogen) atoms. The number of rotatable bonds is 3. The van der Waals surface area contributed by atoms with E-state index in [1.807, 2.05) is 0 Å². The summed E-state index contributed by atoms with van der Waals surface area (Å²) in [6, 6.07) is 1.69. The zero-order chi connectivity index (χ0) is 14.4. The first-order chi connectivity index (χ1) is 9.74. The van der Waals surface area contributed by atoms with Crippen LogP contribution in [0.2, 0.25) is 0 Å². The standard InChI is InChI=1S/C15H18N2O3/c18-6-1-2-13-8-14(10-16-9-13)15(20)17-5-3-12(11-17)4-7-19/h8-10,12,18-19H,3-7,11H2. The van der Waals surface area contributed by atoms with Crippen LogP contribution in [0.1, 0.15) is 28.8 Å². The smallest absolute Gasteiger partial charge is 0.255 e. The molecule has 106 valence electrons. The molecule has 2 heterocycles. The lowest BCUT2D eigenvalue weighted by molar-refractivity contribution is 0.0784. The van der Waals surface area contributed by atoms with Crippen molar-refractivity contribution < 1.29 is 15.0 Å². The maximum atomic E-state index is 12.3. The molecular weight excluding hydrogens is 256 g/mol. The molecule has 1 aliphatic rings. The maximum absolute atomic E-state index is 12.3. The van der Waals surface area contributed by atoms with E-state index in [0.29, 0.717) is 23.6 Å². The van der Waals surface area contributed by atoms with E-state index in [9.17, 15) is 4.79 Å². The second-order valence-corrected chi connectivity index (χ2v) is 4.84. The predicted octanol–water partition coefficient (Wildman–Crippen LogP) is 0.270. The van der Waals surface area contributed by atoms with Gasteiger partial charge in [0, 0.05) is 37.7 Å². The average molecular weight is 274 g/mol. The van der Waals surface area contributed by atoms with Crippen molar-refractivity contribution in [2.24, 2.45) is 5.92 Å². The third-order valence-corrected chi connectivity index (χ3v) is 3.41. The largest absolute Gasteiger partial charge is 0.396 e. The highest BCUT2D eigenvalue weighted by atomic mass is 16.3. The Balaban J connectivity index is 2.06. The summed E-state index contributed by atoms with van der Waals surface area (Å²) in [5, 5.41) is 17.6. The maximum Gasteiger partial charge on any atom is 0.255 e. The summed E-state index contributed by atoms with van der Waals surface area (Å²) < 4.78 is 0. The number of pyridine rings is 1. The number of likely N-dealkylation sites (tertiary alicyclic amines) is 1. The molecule has 0 aromatic carbocycles. The third kappa shape index (κ3) is 3.56. The Labute approximate surface area is 118 Å². The predicted molar refractivity (Wildman–Crippen MR) is 73.9 cm³/mol. The van der Waals surface area contributed by atoms with Gasteiger partial charge < -0.3 is 15.1 Å². The fourth-order valence-electron chi connectivity index (χ4n) is 2.38. The Morgan fingerprint density at radius 2 is 2.30 bits per heavy atom. The minimum Gasteiger partial charge on any atom is -0.396 e. The van der Waals surface area contributed by atoms with Crippen molar-refractivity contribution in [1.82, 2.24) is 9.88 Å². The molecule has 0 aliphatic carbocycles. The first-order valence-electron chi connectivity index (χ1n) is 6.69. The van der Waals surface area contributed by atoms with Crippen LogP contribution in [0.15, 0.2) is 18.5 Å². The Kier molecular flexibility index (Phi) is 5.10. The van der Waals surface area contributed by atoms with Crippen molar-refractivity contribution in [1.29, 1.82) is 0 Å². The van der Waals surface area contributed by atoms with E-state index < -0.39 is 0 Å². The molecule has 0 saturated carbocycles. The number of nitrogens with zero attached hydrogens (tertiary/aromatic N) is 2. The molecule has 2 rings (SSSR count). The van der Waals surface area contributed by atoms with Gasteiger partial charge in [0.25, 0.3) is 5.91 Å². The van der Waals surface area contributed by atoms with E-state index in [1.54, 1.807) is 17.2 Å². The van der Waals surface area contributed by atoms with E-state index >= 15 is 0 Å². The lowest BCUT2D eigenvalue weighted by atomic mass is 10.1. The van der Waals surface area contributed by atoms with E-state index in [4.69, 9.17) is 10.2 Å². The van der Waals surface area contributed by atoms with Crippen LogP contribution < -0.4 is 0 Å². The van der Waals surface area contributed by atoms with Crippen LogP contribution in [0.4, 0.5) is 0 Å². The SMILES string of the molecule is O=C(c1cncc(C#CCO)c1)N1CCC(CCO)C1. The highest BCUT2D eigenvalue weighted by Gasteiger charge is 2.26. The van der Waals surface area contributed by atoms with Gasteiger partial charge >= 0.3 is 0 Å². The van der Waals surface area contributed by atoms with Crippen LogP contribution >= 0.6 is 0 Å². The van der Waals surface area contributed by atoms with Crippen molar-refractivity contribution in [3.8, 4) is 11.8 Å². The topological polar surface area (TPSA) is 73.7 Å². The molecule has 5 heteroatoms. The van der Waals surface area contributed by atoms with E-state index in [2.05, 4.69) is 16.8 Å². The third-order valence-electron chi connectivity index (χ3n) is 3.41. The minimum absolute atomic E-state index is 0.0504. The van der Waals surface area contributed by atoms with E-state index in [1.165, 1.54) is 6.20 Å². The first-order valence-corrected chi connectivity index (χ1v) is 6.69. The summed E-state index contributed by atoms with van der Waals surface area (Å²) >= 11 is 0. The zero-order valence-corrected chi connectivity index (χ0v) is 11.2. The zero-order valence-electron chi connectivity index (χ0n) is 11.2. The normalized spacial score (nSPS) is 17.7. The molecule has 0 spiro atoms. The minimum atomic E-state index is -0.215. The van der Waals surface area contributed by atoms with Crippen LogP contribution in [0, 0.1) is 17.8 Å². The van der Waals surface area contributed by atoms with Gasteiger partial charge in [0.05, 0.1) is 5.56 Å². The number of amides is 1. The summed E-state index contributed by atoms with van der Waals surface area (Å²) in [7, 11) is 0. The lowest BCUT2D eigenvalue weighted by Crippen LogP contribution is -2.29. The summed E-state index contributed by atoms with van der Waals surface area (Å²) in [5.74, 6) is 5.61. The Bertz CT molecular complexity index is 533. The number of hydrogen-bond acceptors (Lipinski definition) is 4. The number of aliphatic hydroxyl groups is 2.